The molecule has 16 heteroatoms. The maximum atomic E-state index is 12.7. The minimum atomic E-state index is -1.86. The van der Waals surface area contributed by atoms with Crippen LogP contribution in [0, 0.1) is 82.4 Å². The highest BCUT2D eigenvalue weighted by molar-refractivity contribution is 5.88. The number of fused-ring (bicyclic) bond motifs is 8. The molecule has 2 aliphatic carbocycles. The summed E-state index contributed by atoms with van der Waals surface area (Å²) in [6.07, 6.45) is 0. The highest BCUT2D eigenvalue weighted by atomic mass is 19.2. The average molecular weight is 1150 g/mol. The zero-order valence-corrected chi connectivity index (χ0v) is 45.9. The summed E-state index contributed by atoms with van der Waals surface area (Å²) in [6, 6.07) is 60.8. The van der Waals surface area contributed by atoms with Crippen LogP contribution in [0.25, 0.3) is 22.3 Å². The number of hydrogen-bond donors (Lipinski definition) is 4. The Morgan fingerprint density at radius 3 is 1.06 bits per heavy atom. The molecule has 0 bridgehead atoms. The zero-order chi connectivity index (χ0) is 60.9. The van der Waals surface area contributed by atoms with Crippen molar-refractivity contribution in [2.45, 2.75) is 24.7 Å². The van der Waals surface area contributed by atoms with Gasteiger partial charge < -0.3 is 39.4 Å². The first-order valence-electron chi connectivity index (χ1n) is 26.3. The molecule has 420 valence electrons. The van der Waals surface area contributed by atoms with Crippen LogP contribution in [0.1, 0.15) is 77.9 Å². The van der Waals surface area contributed by atoms with Crippen LogP contribution < -0.4 is 18.9 Å². The molecule has 0 spiro atoms. The summed E-state index contributed by atoms with van der Waals surface area (Å²) in [4.78, 5) is 0. The lowest BCUT2D eigenvalue weighted by molar-refractivity contribution is 0.354. The third-order valence-corrected chi connectivity index (χ3v) is 16.0. The van der Waals surface area contributed by atoms with Crippen molar-refractivity contribution in [3.05, 3.63) is 271 Å². The Hall–Kier alpha value is -11.7. The van der Waals surface area contributed by atoms with Crippen LogP contribution in [0.4, 0.5) is 17.6 Å². The van der Waals surface area contributed by atoms with E-state index in [1.807, 2.05) is 80.6 Å². The summed E-state index contributed by atoms with van der Waals surface area (Å²) in [5.41, 5.74) is 9.88. The molecule has 0 aromatic heterocycles. The van der Waals surface area contributed by atoms with Crippen LogP contribution >= 0.6 is 0 Å². The number of nitrogens with zero attached hydrogens (tertiary/aromatic N) is 4. The number of phenols is 4. The van der Waals surface area contributed by atoms with Gasteiger partial charge in [-0.05, 0) is 140 Å². The Kier molecular flexibility index (Phi) is 14.3. The highest BCUT2D eigenvalue weighted by Gasteiger charge is 2.48. The summed E-state index contributed by atoms with van der Waals surface area (Å²) in [6.45, 7) is 3.64. The maximum Gasteiger partial charge on any atom is 0.189 e. The molecular formula is C70H44F4N4O8. The Balaban J connectivity index is 0.000000153. The predicted molar refractivity (Wildman–Crippen MR) is 308 cm³/mol. The van der Waals surface area contributed by atoms with Crippen LogP contribution in [0.3, 0.4) is 0 Å². The molecule has 1 aliphatic heterocycles. The van der Waals surface area contributed by atoms with Gasteiger partial charge in [-0.15, -0.1) is 0 Å². The van der Waals surface area contributed by atoms with Crippen LogP contribution in [0.2, 0.25) is 0 Å². The minimum Gasteiger partial charge on any atom is -0.504 e. The van der Waals surface area contributed by atoms with Crippen molar-refractivity contribution in [3.8, 4) is 104 Å². The number of nitriles is 4. The van der Waals surface area contributed by atoms with Gasteiger partial charge in [0.15, 0.2) is 80.8 Å². The van der Waals surface area contributed by atoms with Crippen molar-refractivity contribution in [2.75, 3.05) is 14.2 Å². The van der Waals surface area contributed by atoms with Gasteiger partial charge in [0, 0.05) is 0 Å². The second kappa shape index (κ2) is 21.9. The van der Waals surface area contributed by atoms with Gasteiger partial charge in [-0.3, -0.25) is 0 Å². The van der Waals surface area contributed by atoms with Gasteiger partial charge in [-0.2, -0.15) is 21.0 Å². The second-order valence-corrected chi connectivity index (χ2v) is 20.1. The highest BCUT2D eigenvalue weighted by Crippen LogP contribution is 2.60. The normalized spacial score (nSPS) is 12.7. The van der Waals surface area contributed by atoms with Gasteiger partial charge in [0.05, 0.1) is 25.0 Å². The lowest BCUT2D eigenvalue weighted by atomic mass is 9.67. The van der Waals surface area contributed by atoms with Gasteiger partial charge in [0.25, 0.3) is 0 Å². The molecule has 4 N–H and O–H groups in total. The molecular weight excluding hydrogens is 1100 g/mol. The monoisotopic (exact) mass is 1140 g/mol. The second-order valence-electron chi connectivity index (χ2n) is 20.1. The molecule has 86 heavy (non-hydrogen) atoms. The molecule has 1 heterocycles. The standard InChI is InChI=1S/C37H26N2O4.C25H18O4.C8F4N2/c1-21-22(2)28(20-39)36-35(27(21)19-38)42-32-16-14-24(18-34(32)43-36)37(23-13-15-31(40-3)33(17-23)41-4)29-11-7-5-9-25(29)26-10-6-8-12-30(26)37;26-21-11-9-15(13-23(21)28)25(16-10-12-22(27)24(29)14-16)19-7-3-1-5-17(19)18-6-2-4-8-20(18)25;9-5-3(1-13)6(10)8(12)4(2-14)7(5)11/h5-18H,1-4H3;1-14,26-29H;. The summed E-state index contributed by atoms with van der Waals surface area (Å²) < 4.78 is 75.1. The molecule has 0 amide bonds. The first-order chi connectivity index (χ1) is 41.5. The molecule has 0 radical (unpaired) electrons. The third-order valence-electron chi connectivity index (χ3n) is 16.0. The number of rotatable bonds is 6. The number of phenolic OH excluding ortho intramolecular Hbond substituents is 4. The smallest absolute Gasteiger partial charge is 0.189 e. The summed E-state index contributed by atoms with van der Waals surface area (Å²) in [7, 11) is 3.26. The number of methoxy groups -OCH3 is 2. The number of halogens is 4. The van der Waals surface area contributed by atoms with E-state index in [0.717, 1.165) is 78.9 Å². The molecule has 0 unspecified atom stereocenters. The predicted octanol–water partition coefficient (Wildman–Crippen LogP) is 15.2. The largest absolute Gasteiger partial charge is 0.504 e. The lowest BCUT2D eigenvalue weighted by Gasteiger charge is -2.35. The summed E-state index contributed by atoms with van der Waals surface area (Å²) >= 11 is 0. The maximum absolute atomic E-state index is 12.7. The van der Waals surface area contributed by atoms with E-state index < -0.39 is 45.2 Å². The van der Waals surface area contributed by atoms with Gasteiger partial charge in [0.2, 0.25) is 0 Å². The van der Waals surface area contributed by atoms with Crippen LogP contribution in [0.15, 0.2) is 170 Å². The van der Waals surface area contributed by atoms with Crippen molar-refractivity contribution in [1.29, 1.82) is 21.0 Å². The van der Waals surface area contributed by atoms with Crippen LogP contribution in [-0.4, -0.2) is 34.6 Å². The Bertz CT molecular complexity index is 4450. The van der Waals surface area contributed by atoms with Crippen LogP contribution in [0.5, 0.6) is 57.5 Å². The Morgan fingerprint density at radius 1 is 0.372 bits per heavy atom. The van der Waals surface area contributed by atoms with Crippen molar-refractivity contribution >= 4 is 0 Å². The molecule has 13 rings (SSSR count). The SMILES string of the molecule is COc1ccc(C2(c3ccc4c(c3)Oc3c(C#N)c(C)c(C)c(C#N)c3O4)c3ccccc3-c3ccccc32)cc1OC.N#Cc1c(F)c(F)c(C#N)c(F)c1F.Oc1ccc(C2(c3ccc(O)c(O)c3)c3ccccc3-c3ccccc32)cc1O. The number of aromatic hydroxyl groups is 4. The van der Waals surface area contributed by atoms with E-state index in [4.69, 9.17) is 29.5 Å². The Labute approximate surface area is 489 Å². The molecule has 3 aliphatic rings. The molecule has 0 saturated heterocycles. The summed E-state index contributed by atoms with van der Waals surface area (Å²) in [5.74, 6) is -5.52. The third kappa shape index (κ3) is 8.47. The van der Waals surface area contributed by atoms with E-state index >= 15 is 0 Å². The van der Waals surface area contributed by atoms with E-state index in [0.29, 0.717) is 45.3 Å². The van der Waals surface area contributed by atoms with E-state index in [-0.39, 0.29) is 34.5 Å². The van der Waals surface area contributed by atoms with E-state index in [1.54, 1.807) is 38.5 Å². The first kappa shape index (κ1) is 56.2. The topological polar surface area (TPSA) is 213 Å². The number of hydrogen-bond acceptors (Lipinski definition) is 12. The van der Waals surface area contributed by atoms with Crippen molar-refractivity contribution in [2.24, 2.45) is 0 Å². The van der Waals surface area contributed by atoms with Crippen molar-refractivity contribution < 1.29 is 56.9 Å². The van der Waals surface area contributed by atoms with Gasteiger partial charge in [0.1, 0.15) is 46.5 Å². The lowest BCUT2D eigenvalue weighted by Crippen LogP contribution is -2.28. The van der Waals surface area contributed by atoms with E-state index in [9.17, 15) is 48.5 Å². The van der Waals surface area contributed by atoms with Crippen molar-refractivity contribution in [3.63, 3.8) is 0 Å². The van der Waals surface area contributed by atoms with E-state index in [1.165, 1.54) is 12.1 Å². The first-order valence-corrected chi connectivity index (χ1v) is 26.3. The van der Waals surface area contributed by atoms with Gasteiger partial charge >= 0.3 is 0 Å². The minimum absolute atomic E-state index is 0.197. The molecule has 10 aromatic rings. The number of ether oxygens (including phenoxy) is 4. The van der Waals surface area contributed by atoms with E-state index in [2.05, 4.69) is 78.9 Å². The summed E-state index contributed by atoms with van der Waals surface area (Å²) in [5, 5.41) is 76.6. The molecule has 12 nitrogen and oxygen atoms in total. The van der Waals surface area contributed by atoms with Crippen LogP contribution in [-0.2, 0) is 10.8 Å². The molecule has 0 fully saturated rings. The molecule has 0 atom stereocenters. The Morgan fingerprint density at radius 2 is 0.698 bits per heavy atom. The molecule has 10 aromatic carbocycles. The van der Waals surface area contributed by atoms with Gasteiger partial charge in [-0.1, -0.05) is 121 Å². The molecule has 0 saturated carbocycles. The quantitative estimate of drug-likeness (QED) is 0.0695. The fraction of sp³-hybridized carbons (Fsp3) is 0.0857. The average Bonchev–Trinajstić information content (AvgIpc) is 1.62. The fourth-order valence-corrected chi connectivity index (χ4v) is 12.0. The van der Waals surface area contributed by atoms with Gasteiger partial charge in [-0.25, -0.2) is 17.6 Å². The van der Waals surface area contributed by atoms with Crippen molar-refractivity contribution in [1.82, 2.24) is 0 Å². The fourth-order valence-electron chi connectivity index (χ4n) is 12.0. The number of benzene rings is 10. The zero-order valence-electron chi connectivity index (χ0n) is 45.9.